The summed E-state index contributed by atoms with van der Waals surface area (Å²) in [5.41, 5.74) is 12.1. The van der Waals surface area contributed by atoms with Gasteiger partial charge in [0.1, 0.15) is 11.5 Å². The summed E-state index contributed by atoms with van der Waals surface area (Å²) in [5.74, 6) is -2.29. The van der Waals surface area contributed by atoms with Crippen molar-refractivity contribution in [3.05, 3.63) is 77.0 Å². The molecule has 0 aliphatic carbocycles. The Balaban J connectivity index is 0.00000100. The zero-order valence-electron chi connectivity index (χ0n) is 26.6. The summed E-state index contributed by atoms with van der Waals surface area (Å²) in [4.78, 5) is 42.4. The van der Waals surface area contributed by atoms with Crippen molar-refractivity contribution in [2.24, 2.45) is 16.9 Å². The fourth-order valence-electron chi connectivity index (χ4n) is 3.46. The van der Waals surface area contributed by atoms with Crippen LogP contribution in [0.2, 0.25) is 0 Å². The van der Waals surface area contributed by atoms with Gasteiger partial charge in [-0.25, -0.2) is 9.78 Å². The van der Waals surface area contributed by atoms with E-state index < -0.39 is 38.0 Å². The first kappa shape index (κ1) is 41.1. The van der Waals surface area contributed by atoms with Crippen LogP contribution in [0.15, 0.2) is 54.6 Å². The number of nitrogens with one attached hydrogen (secondary N) is 3. The summed E-state index contributed by atoms with van der Waals surface area (Å²) in [5, 5.41) is 22.9. The summed E-state index contributed by atoms with van der Waals surface area (Å²) in [6.07, 6.45) is 1.43. The number of amidine groups is 1. The molecule has 2 amide bonds. The standard InChI is InChI=1S/C27H30N6O5.2CH4O3S/c1-27(2,13-28)14-31-24(34)16-6-9-18(20(12-16)26(36)37)19-10-11-21(38-3)33-22(19)25(35)32-17-7-4-15(5-8-17)23(29)30;2*1-5(2,3)4/h4-12H,13-14,28H2,1-3H3,(H3,29,30)(H,31,34)(H,32,35)(H,36,37);2*1H3,(H,2,3,4). The Kier molecular flexibility index (Phi) is 14.8. The van der Waals surface area contributed by atoms with Crippen molar-refractivity contribution < 1.29 is 50.2 Å². The molecule has 19 heteroatoms. The molecule has 1 aromatic heterocycles. The molecule has 10 N–H and O–H groups in total. The van der Waals surface area contributed by atoms with E-state index in [4.69, 9.17) is 30.7 Å². The van der Waals surface area contributed by atoms with Gasteiger partial charge in [-0.1, -0.05) is 19.9 Å². The van der Waals surface area contributed by atoms with E-state index in [1.165, 1.54) is 37.4 Å². The van der Waals surface area contributed by atoms with Crippen LogP contribution in [0.4, 0.5) is 5.69 Å². The van der Waals surface area contributed by atoms with Gasteiger partial charge in [-0.3, -0.25) is 24.1 Å². The van der Waals surface area contributed by atoms with Gasteiger partial charge in [-0.2, -0.15) is 16.8 Å². The highest BCUT2D eigenvalue weighted by atomic mass is 32.2. The van der Waals surface area contributed by atoms with Crippen LogP contribution in [0, 0.1) is 10.8 Å². The zero-order valence-corrected chi connectivity index (χ0v) is 28.3. The lowest BCUT2D eigenvalue weighted by molar-refractivity contribution is 0.0697. The molecule has 3 aromatic rings. The molecule has 0 unspecified atom stereocenters. The second kappa shape index (κ2) is 17.3. The lowest BCUT2D eigenvalue weighted by atomic mass is 9.93. The van der Waals surface area contributed by atoms with E-state index in [0.29, 0.717) is 36.9 Å². The average molecular weight is 711 g/mol. The molecule has 0 bridgehead atoms. The molecule has 262 valence electrons. The third kappa shape index (κ3) is 15.1. The fraction of sp³-hybridized carbons (Fsp3) is 0.276. The van der Waals surface area contributed by atoms with Gasteiger partial charge in [0.2, 0.25) is 5.88 Å². The number of ether oxygens (including phenoxy) is 1. The molecule has 0 atom stereocenters. The van der Waals surface area contributed by atoms with Crippen LogP contribution >= 0.6 is 0 Å². The molecule has 48 heavy (non-hydrogen) atoms. The van der Waals surface area contributed by atoms with E-state index in [-0.39, 0.29) is 45.1 Å². The molecule has 1 heterocycles. The number of nitrogens with two attached hydrogens (primary N) is 2. The second-order valence-corrected chi connectivity index (χ2v) is 13.7. The van der Waals surface area contributed by atoms with Gasteiger partial charge in [0.15, 0.2) is 0 Å². The van der Waals surface area contributed by atoms with Gasteiger partial charge in [-0.15, -0.1) is 0 Å². The maximum absolute atomic E-state index is 13.2. The van der Waals surface area contributed by atoms with Crippen LogP contribution in [0.25, 0.3) is 11.1 Å². The molecule has 0 aliphatic heterocycles. The number of rotatable bonds is 10. The minimum absolute atomic E-state index is 0.0793. The number of amides is 2. The van der Waals surface area contributed by atoms with E-state index >= 15 is 0 Å². The Morgan fingerprint density at radius 3 is 1.85 bits per heavy atom. The summed E-state index contributed by atoms with van der Waals surface area (Å²) < 4.78 is 56.9. The molecule has 0 saturated heterocycles. The van der Waals surface area contributed by atoms with Crippen LogP contribution in [-0.4, -0.2) is 92.4 Å². The molecular weight excluding hydrogens is 672 g/mol. The number of nitrogen functional groups attached to an aromatic ring is 1. The molecule has 0 aliphatic rings. The molecule has 0 saturated carbocycles. The van der Waals surface area contributed by atoms with Crippen LogP contribution in [0.1, 0.15) is 50.6 Å². The molecular formula is C29H38N6O11S2. The van der Waals surface area contributed by atoms with Crippen LogP contribution in [0.3, 0.4) is 0 Å². The Bertz CT molecular complexity index is 1820. The minimum Gasteiger partial charge on any atom is -0.481 e. The summed E-state index contributed by atoms with van der Waals surface area (Å²) in [7, 11) is -5.94. The monoisotopic (exact) mass is 710 g/mol. The highest BCUT2D eigenvalue weighted by molar-refractivity contribution is 7.85. The minimum atomic E-state index is -3.67. The first-order chi connectivity index (χ1) is 22.0. The van der Waals surface area contributed by atoms with Crippen molar-refractivity contribution in [1.29, 1.82) is 5.41 Å². The van der Waals surface area contributed by atoms with Gasteiger partial charge in [0, 0.05) is 35.0 Å². The SMILES string of the molecule is COc1ccc(-c2ccc(C(=O)NCC(C)(C)CN)cc2C(=O)O)c(C(=O)Nc2ccc(C(=N)N)cc2)n1.CS(=O)(=O)O.CS(=O)(=O)O. The largest absolute Gasteiger partial charge is 0.481 e. The van der Waals surface area contributed by atoms with Crippen molar-refractivity contribution in [3.63, 3.8) is 0 Å². The van der Waals surface area contributed by atoms with Crippen molar-refractivity contribution in [2.75, 3.05) is 38.0 Å². The zero-order chi connectivity index (χ0) is 37.0. The molecule has 2 aromatic carbocycles. The number of nitrogens with zero attached hydrogens (tertiary/aromatic N) is 1. The number of hydrogen-bond acceptors (Lipinski definition) is 11. The number of benzene rings is 2. The van der Waals surface area contributed by atoms with Crippen molar-refractivity contribution in [2.45, 2.75) is 13.8 Å². The fourth-order valence-corrected chi connectivity index (χ4v) is 3.46. The molecule has 17 nitrogen and oxygen atoms in total. The van der Waals surface area contributed by atoms with Crippen molar-refractivity contribution >= 4 is 49.5 Å². The first-order valence-electron chi connectivity index (χ1n) is 13.5. The number of carbonyl (C=O) groups excluding carboxylic acids is 2. The quantitative estimate of drug-likeness (QED) is 0.0844. The number of aromatic carboxylic acids is 1. The number of carboxylic acids is 1. The number of aromatic nitrogens is 1. The average Bonchev–Trinajstić information content (AvgIpc) is 2.97. The normalized spacial score (nSPS) is 11.1. The van der Waals surface area contributed by atoms with Gasteiger partial charge in [0.25, 0.3) is 32.1 Å². The van der Waals surface area contributed by atoms with Crippen LogP contribution in [-0.2, 0) is 20.2 Å². The third-order valence-electron chi connectivity index (χ3n) is 5.83. The Morgan fingerprint density at radius 2 is 1.40 bits per heavy atom. The number of methoxy groups -OCH3 is 1. The third-order valence-corrected chi connectivity index (χ3v) is 5.83. The predicted octanol–water partition coefficient (Wildman–Crippen LogP) is 1.71. The van der Waals surface area contributed by atoms with E-state index in [1.54, 1.807) is 24.3 Å². The summed E-state index contributed by atoms with van der Waals surface area (Å²) in [6, 6.07) is 13.6. The number of carboxylic acid groups (broad SMARTS) is 1. The van der Waals surface area contributed by atoms with Crippen molar-refractivity contribution in [3.8, 4) is 17.0 Å². The molecule has 0 spiro atoms. The molecule has 3 rings (SSSR count). The Morgan fingerprint density at radius 1 is 0.896 bits per heavy atom. The van der Waals surface area contributed by atoms with Gasteiger partial charge in [0.05, 0.1) is 25.2 Å². The van der Waals surface area contributed by atoms with Gasteiger partial charge >= 0.3 is 5.97 Å². The maximum atomic E-state index is 13.2. The van der Waals surface area contributed by atoms with Crippen molar-refractivity contribution in [1.82, 2.24) is 10.3 Å². The van der Waals surface area contributed by atoms with Gasteiger partial charge in [-0.05, 0) is 60.0 Å². The lowest BCUT2D eigenvalue weighted by Gasteiger charge is -2.22. The van der Waals surface area contributed by atoms with E-state index in [0.717, 1.165) is 0 Å². The second-order valence-electron chi connectivity index (χ2n) is 10.8. The van der Waals surface area contributed by atoms with E-state index in [9.17, 15) is 36.3 Å². The maximum Gasteiger partial charge on any atom is 0.336 e. The number of carbonyl (C=O) groups is 3. The highest BCUT2D eigenvalue weighted by Gasteiger charge is 2.23. The topological polar surface area (TPSA) is 302 Å². The molecule has 0 fully saturated rings. The molecule has 0 radical (unpaired) electrons. The van der Waals surface area contributed by atoms with Crippen LogP contribution < -0.4 is 26.8 Å². The Labute approximate surface area is 277 Å². The lowest BCUT2D eigenvalue weighted by Crippen LogP contribution is -2.38. The summed E-state index contributed by atoms with van der Waals surface area (Å²) >= 11 is 0. The van der Waals surface area contributed by atoms with Gasteiger partial charge < -0.3 is 31.9 Å². The Hall–Kier alpha value is -4.95. The summed E-state index contributed by atoms with van der Waals surface area (Å²) in [6.45, 7) is 4.48. The number of hydrogen-bond donors (Lipinski definition) is 8. The smallest absolute Gasteiger partial charge is 0.336 e. The van der Waals surface area contributed by atoms with Crippen LogP contribution in [0.5, 0.6) is 5.88 Å². The number of pyridine rings is 1. The van der Waals surface area contributed by atoms with E-state index in [1.807, 2.05) is 13.8 Å². The van der Waals surface area contributed by atoms with E-state index in [2.05, 4.69) is 15.6 Å². The highest BCUT2D eigenvalue weighted by Crippen LogP contribution is 2.30. The first-order valence-corrected chi connectivity index (χ1v) is 17.2. The number of anilines is 1. The predicted molar refractivity (Wildman–Crippen MR) is 179 cm³/mol.